The smallest absolute Gasteiger partial charge is 0.207 e. The normalized spacial score (nSPS) is 24.5. The van der Waals surface area contributed by atoms with Gasteiger partial charge >= 0.3 is 0 Å². The van der Waals surface area contributed by atoms with Crippen molar-refractivity contribution < 1.29 is 13.2 Å². The monoisotopic (exact) mass is 250 g/mol. The van der Waals surface area contributed by atoms with Gasteiger partial charge in [0.15, 0.2) is 0 Å². The maximum atomic E-state index is 12.8. The average molecular weight is 251 g/mol. The largest absolute Gasteiger partial charge is 0.255 e. The first-order valence-corrected chi connectivity index (χ1v) is 4.62. The molecule has 1 aliphatic rings. The Kier molecular flexibility index (Phi) is 1.91. The molecule has 1 unspecified atom stereocenters. The molecule has 1 aliphatic carbocycles. The molecule has 1 aromatic carbocycles. The summed E-state index contributed by atoms with van der Waals surface area (Å²) in [7, 11) is 0. The van der Waals surface area contributed by atoms with Crippen LogP contribution in [0.4, 0.5) is 13.2 Å². The summed E-state index contributed by atoms with van der Waals surface area (Å²) >= 11 is 3.06. The summed E-state index contributed by atoms with van der Waals surface area (Å²) in [4.78, 5) is 0. The van der Waals surface area contributed by atoms with Crippen LogP contribution in [0.15, 0.2) is 22.7 Å². The molecule has 13 heavy (non-hydrogen) atoms. The zero-order valence-electron chi connectivity index (χ0n) is 6.53. The lowest BCUT2D eigenvalue weighted by molar-refractivity contribution is 0.112. The quantitative estimate of drug-likeness (QED) is 0.713. The van der Waals surface area contributed by atoms with Crippen molar-refractivity contribution in [2.24, 2.45) is 0 Å². The Morgan fingerprint density at radius 3 is 2.38 bits per heavy atom. The van der Waals surface area contributed by atoms with Gasteiger partial charge in [-0.25, -0.2) is 13.2 Å². The molecular weight excluding hydrogens is 245 g/mol. The molecule has 1 atom stereocenters. The van der Waals surface area contributed by atoms with E-state index >= 15 is 0 Å². The standard InChI is InChI=1S/C9H6BrF3/c10-6-1-5(2-7(11)3-6)8-4-9(8,12)13/h1-3,8H,4H2. The molecule has 0 N–H and O–H groups in total. The van der Waals surface area contributed by atoms with Gasteiger partial charge in [-0.05, 0) is 23.8 Å². The number of halogens is 4. The van der Waals surface area contributed by atoms with Crippen molar-refractivity contribution in [2.45, 2.75) is 18.3 Å². The maximum Gasteiger partial charge on any atom is 0.255 e. The van der Waals surface area contributed by atoms with E-state index in [0.29, 0.717) is 10.0 Å². The molecule has 2 rings (SSSR count). The topological polar surface area (TPSA) is 0 Å². The van der Waals surface area contributed by atoms with Crippen LogP contribution in [-0.4, -0.2) is 5.92 Å². The van der Waals surface area contributed by atoms with Crippen LogP contribution in [0.5, 0.6) is 0 Å². The molecule has 0 aromatic heterocycles. The Hall–Kier alpha value is -0.510. The van der Waals surface area contributed by atoms with Crippen LogP contribution in [0.3, 0.4) is 0 Å². The second-order valence-corrected chi connectivity index (χ2v) is 4.14. The third kappa shape index (κ3) is 1.73. The summed E-state index contributed by atoms with van der Waals surface area (Å²) in [6.07, 6.45) is -0.164. The van der Waals surface area contributed by atoms with E-state index in [-0.39, 0.29) is 6.42 Å². The molecule has 0 spiro atoms. The summed E-state index contributed by atoms with van der Waals surface area (Å²) in [5.74, 6) is -3.90. The summed E-state index contributed by atoms with van der Waals surface area (Å²) in [5.41, 5.74) is 0.372. The van der Waals surface area contributed by atoms with E-state index in [0.717, 1.165) is 6.07 Å². The maximum absolute atomic E-state index is 12.8. The van der Waals surface area contributed by atoms with Crippen LogP contribution >= 0.6 is 15.9 Å². The Labute approximate surface area is 81.9 Å². The molecule has 1 aromatic rings. The molecule has 0 bridgehead atoms. The van der Waals surface area contributed by atoms with Gasteiger partial charge in [0.25, 0.3) is 5.92 Å². The van der Waals surface area contributed by atoms with E-state index in [2.05, 4.69) is 15.9 Å². The third-order valence-corrected chi connectivity index (χ3v) is 2.57. The molecule has 1 saturated carbocycles. The van der Waals surface area contributed by atoms with Crippen LogP contribution in [-0.2, 0) is 0 Å². The average Bonchev–Trinajstić information content (AvgIpc) is 2.57. The second-order valence-electron chi connectivity index (χ2n) is 3.22. The fraction of sp³-hybridized carbons (Fsp3) is 0.333. The van der Waals surface area contributed by atoms with Crippen molar-refractivity contribution in [1.29, 1.82) is 0 Å². The minimum atomic E-state index is -2.63. The number of rotatable bonds is 1. The summed E-state index contributed by atoms with van der Waals surface area (Å²) in [5, 5.41) is 0. The van der Waals surface area contributed by atoms with Gasteiger partial charge < -0.3 is 0 Å². The van der Waals surface area contributed by atoms with Gasteiger partial charge in [-0.15, -0.1) is 0 Å². The van der Waals surface area contributed by atoms with Crippen LogP contribution in [0, 0.1) is 5.82 Å². The first-order chi connectivity index (χ1) is 5.99. The highest BCUT2D eigenvalue weighted by molar-refractivity contribution is 9.10. The van der Waals surface area contributed by atoms with E-state index in [1.165, 1.54) is 12.1 Å². The van der Waals surface area contributed by atoms with Crippen molar-refractivity contribution in [1.82, 2.24) is 0 Å². The number of hydrogen-bond donors (Lipinski definition) is 0. The fourth-order valence-electron chi connectivity index (χ4n) is 1.35. The lowest BCUT2D eigenvalue weighted by atomic mass is 10.1. The number of benzene rings is 1. The molecule has 0 amide bonds. The van der Waals surface area contributed by atoms with Gasteiger partial charge in [-0.1, -0.05) is 15.9 Å². The highest BCUT2D eigenvalue weighted by Crippen LogP contribution is 2.55. The van der Waals surface area contributed by atoms with Crippen LogP contribution in [0.25, 0.3) is 0 Å². The number of alkyl halides is 2. The van der Waals surface area contributed by atoms with Crippen molar-refractivity contribution in [3.8, 4) is 0 Å². The van der Waals surface area contributed by atoms with Crippen molar-refractivity contribution in [3.63, 3.8) is 0 Å². The van der Waals surface area contributed by atoms with Gasteiger partial charge in [0.2, 0.25) is 0 Å². The SMILES string of the molecule is Fc1cc(Br)cc(C2CC2(F)F)c1. The molecule has 0 aliphatic heterocycles. The number of hydrogen-bond acceptors (Lipinski definition) is 0. The summed E-state index contributed by atoms with van der Waals surface area (Å²) < 4.78 is 38.5. The van der Waals surface area contributed by atoms with E-state index in [9.17, 15) is 13.2 Å². The zero-order valence-corrected chi connectivity index (χ0v) is 8.11. The lowest BCUT2D eigenvalue weighted by Gasteiger charge is -2.00. The Morgan fingerprint density at radius 1 is 1.31 bits per heavy atom. The first-order valence-electron chi connectivity index (χ1n) is 3.83. The van der Waals surface area contributed by atoms with Crippen molar-refractivity contribution in [2.75, 3.05) is 0 Å². The predicted molar refractivity (Wildman–Crippen MR) is 46.4 cm³/mol. The van der Waals surface area contributed by atoms with E-state index < -0.39 is 17.7 Å². The van der Waals surface area contributed by atoms with E-state index in [1.54, 1.807) is 0 Å². The Balaban J connectivity index is 2.32. The summed E-state index contributed by atoms with van der Waals surface area (Å²) in [6.45, 7) is 0. The zero-order chi connectivity index (χ0) is 9.64. The van der Waals surface area contributed by atoms with Gasteiger partial charge in [0.05, 0.1) is 5.92 Å². The molecule has 0 heterocycles. The van der Waals surface area contributed by atoms with Crippen LogP contribution in [0.1, 0.15) is 17.9 Å². The minimum absolute atomic E-state index is 0.164. The van der Waals surface area contributed by atoms with E-state index in [1.807, 2.05) is 0 Å². The van der Waals surface area contributed by atoms with Crippen molar-refractivity contribution in [3.05, 3.63) is 34.1 Å². The molecular formula is C9H6BrF3. The molecule has 0 nitrogen and oxygen atoms in total. The first kappa shape index (κ1) is 9.06. The minimum Gasteiger partial charge on any atom is -0.207 e. The molecule has 0 saturated heterocycles. The molecule has 4 heteroatoms. The summed E-state index contributed by atoms with van der Waals surface area (Å²) in [6, 6.07) is 3.95. The van der Waals surface area contributed by atoms with Crippen LogP contribution in [0.2, 0.25) is 0 Å². The van der Waals surface area contributed by atoms with Gasteiger partial charge in [-0.2, -0.15) is 0 Å². The van der Waals surface area contributed by atoms with Crippen molar-refractivity contribution >= 4 is 15.9 Å². The fourth-order valence-corrected chi connectivity index (χ4v) is 1.83. The van der Waals surface area contributed by atoms with Gasteiger partial charge in [0.1, 0.15) is 5.82 Å². The highest BCUT2D eigenvalue weighted by Gasteiger charge is 2.57. The van der Waals surface area contributed by atoms with E-state index in [4.69, 9.17) is 0 Å². The molecule has 1 fully saturated rings. The Bertz CT molecular complexity index is 328. The predicted octanol–water partition coefficient (Wildman–Crippen LogP) is 3.71. The molecule has 0 radical (unpaired) electrons. The van der Waals surface area contributed by atoms with Crippen LogP contribution < -0.4 is 0 Å². The van der Waals surface area contributed by atoms with Gasteiger partial charge in [0, 0.05) is 10.9 Å². The third-order valence-electron chi connectivity index (χ3n) is 2.11. The Morgan fingerprint density at radius 2 is 1.92 bits per heavy atom. The van der Waals surface area contributed by atoms with Gasteiger partial charge in [-0.3, -0.25) is 0 Å². The lowest BCUT2D eigenvalue weighted by Crippen LogP contribution is -1.93. The molecule has 70 valence electrons. The second kappa shape index (κ2) is 2.74. The highest BCUT2D eigenvalue weighted by atomic mass is 79.9.